The highest BCUT2D eigenvalue weighted by atomic mass is 16.5. The van der Waals surface area contributed by atoms with Crippen LogP contribution in [0.2, 0.25) is 0 Å². The number of aromatic nitrogens is 5. The summed E-state index contributed by atoms with van der Waals surface area (Å²) in [6.45, 7) is 0. The van der Waals surface area contributed by atoms with E-state index in [0.717, 1.165) is 29.3 Å². The number of fused-ring (bicyclic) bond motifs is 1. The number of nitrogens with one attached hydrogen (secondary N) is 1. The Bertz CT molecular complexity index is 1460. The van der Waals surface area contributed by atoms with Crippen LogP contribution in [0.15, 0.2) is 40.0 Å². The van der Waals surface area contributed by atoms with Crippen LogP contribution in [0.5, 0.6) is 5.75 Å². The molecule has 33 heavy (non-hydrogen) atoms. The highest BCUT2D eigenvalue weighted by Crippen LogP contribution is 2.38. The minimum absolute atomic E-state index is 0.0944. The molecule has 3 heterocycles. The van der Waals surface area contributed by atoms with Crippen LogP contribution in [0.1, 0.15) is 46.2 Å². The fourth-order valence-corrected chi connectivity index (χ4v) is 3.83. The first-order valence-electron chi connectivity index (χ1n) is 10.2. The van der Waals surface area contributed by atoms with E-state index in [-0.39, 0.29) is 17.6 Å². The van der Waals surface area contributed by atoms with Gasteiger partial charge in [0.15, 0.2) is 17.3 Å². The Morgan fingerprint density at radius 1 is 1.24 bits per heavy atom. The van der Waals surface area contributed by atoms with Crippen molar-refractivity contribution in [1.29, 1.82) is 0 Å². The Kier molecular flexibility index (Phi) is 4.69. The predicted molar refractivity (Wildman–Crippen MR) is 116 cm³/mol. The molecule has 0 unspecified atom stereocenters. The van der Waals surface area contributed by atoms with E-state index in [1.54, 1.807) is 18.2 Å². The zero-order valence-electron chi connectivity index (χ0n) is 17.5. The fourth-order valence-electron chi connectivity index (χ4n) is 3.83. The van der Waals surface area contributed by atoms with E-state index in [4.69, 9.17) is 5.73 Å². The smallest absolute Gasteiger partial charge is 0.296 e. The van der Waals surface area contributed by atoms with Gasteiger partial charge in [-0.2, -0.15) is 0 Å². The summed E-state index contributed by atoms with van der Waals surface area (Å²) in [5.74, 6) is -1.75. The van der Waals surface area contributed by atoms with Gasteiger partial charge in [0.05, 0.1) is 17.2 Å². The summed E-state index contributed by atoms with van der Waals surface area (Å²) < 4.78 is 7.76. The summed E-state index contributed by atoms with van der Waals surface area (Å²) in [7, 11) is 1.44. The molecule has 168 valence electrons. The van der Waals surface area contributed by atoms with Crippen molar-refractivity contribution < 1.29 is 19.2 Å². The van der Waals surface area contributed by atoms with Crippen LogP contribution in [-0.2, 0) is 7.05 Å². The summed E-state index contributed by atoms with van der Waals surface area (Å²) in [6.07, 6.45) is 5.32. The van der Waals surface area contributed by atoms with Crippen molar-refractivity contribution in [2.24, 2.45) is 12.8 Å². The van der Waals surface area contributed by atoms with Crippen LogP contribution in [-0.4, -0.2) is 41.2 Å². The summed E-state index contributed by atoms with van der Waals surface area (Å²) in [5.41, 5.74) is 5.94. The third-order valence-electron chi connectivity index (χ3n) is 5.79. The molecule has 0 radical (unpaired) electrons. The number of benzene rings is 1. The predicted octanol–water partition coefficient (Wildman–Crippen LogP) is 1.57. The Hall–Kier alpha value is -4.48. The largest absolute Gasteiger partial charge is 0.501 e. The lowest BCUT2D eigenvalue weighted by Crippen LogP contribution is -2.27. The average Bonchev–Trinajstić information content (AvgIpc) is 3.39. The number of carbonyl (C=O) groups excluding carboxylic acids is 2. The number of imidazole rings is 1. The molecule has 12 nitrogen and oxygen atoms in total. The molecule has 0 aliphatic heterocycles. The second-order valence-electron chi connectivity index (χ2n) is 7.82. The lowest BCUT2D eigenvalue weighted by Gasteiger charge is -2.29. The molecule has 5 rings (SSSR count). The Balaban J connectivity index is 1.70. The minimum atomic E-state index is -0.808. The maximum absolute atomic E-state index is 12.8. The van der Waals surface area contributed by atoms with Gasteiger partial charge in [0.1, 0.15) is 12.0 Å². The number of anilines is 1. The van der Waals surface area contributed by atoms with Crippen LogP contribution >= 0.6 is 0 Å². The number of primary amides is 1. The maximum atomic E-state index is 12.8. The van der Waals surface area contributed by atoms with Gasteiger partial charge in [0.2, 0.25) is 11.7 Å². The molecule has 3 aromatic heterocycles. The van der Waals surface area contributed by atoms with Crippen molar-refractivity contribution in [1.82, 2.24) is 24.3 Å². The molecule has 1 aromatic carbocycles. The lowest BCUT2D eigenvalue weighted by atomic mass is 9.92. The molecule has 1 aliphatic rings. The van der Waals surface area contributed by atoms with E-state index < -0.39 is 28.8 Å². The first-order valence-corrected chi connectivity index (χ1v) is 10.2. The number of nitrogens with zero attached hydrogens (tertiary/aromatic N) is 5. The first-order chi connectivity index (χ1) is 15.8. The summed E-state index contributed by atoms with van der Waals surface area (Å²) >= 11 is 0. The van der Waals surface area contributed by atoms with E-state index in [1.165, 1.54) is 19.5 Å². The third kappa shape index (κ3) is 3.32. The van der Waals surface area contributed by atoms with Crippen molar-refractivity contribution in [3.63, 3.8) is 0 Å². The summed E-state index contributed by atoms with van der Waals surface area (Å²) in [5, 5.41) is 16.3. The van der Waals surface area contributed by atoms with E-state index in [0.29, 0.717) is 16.9 Å². The first kappa shape index (κ1) is 20.4. The van der Waals surface area contributed by atoms with Gasteiger partial charge in [0, 0.05) is 18.7 Å². The Morgan fingerprint density at radius 2 is 2.03 bits per heavy atom. The summed E-state index contributed by atoms with van der Waals surface area (Å²) in [6, 6.07) is 5.06. The Labute approximate surface area is 185 Å². The second kappa shape index (κ2) is 7.58. The molecule has 0 spiro atoms. The van der Waals surface area contributed by atoms with E-state index >= 15 is 0 Å². The fraction of sp³-hybridized carbons (Fsp3) is 0.238. The van der Waals surface area contributed by atoms with E-state index in [2.05, 4.69) is 25.0 Å². The molecule has 0 bridgehead atoms. The normalized spacial score (nSPS) is 13.7. The summed E-state index contributed by atoms with van der Waals surface area (Å²) in [4.78, 5) is 46.1. The average molecular weight is 449 g/mol. The van der Waals surface area contributed by atoms with Gasteiger partial charge in [-0.3, -0.25) is 19.0 Å². The van der Waals surface area contributed by atoms with E-state index in [9.17, 15) is 19.5 Å². The molecule has 1 saturated carbocycles. The van der Waals surface area contributed by atoms with Crippen LogP contribution < -0.4 is 16.6 Å². The molecule has 0 saturated heterocycles. The molecule has 4 N–H and O–H groups in total. The number of hydrogen-bond acceptors (Lipinski definition) is 8. The Morgan fingerprint density at radius 3 is 2.67 bits per heavy atom. The van der Waals surface area contributed by atoms with Gasteiger partial charge < -0.3 is 25.2 Å². The van der Waals surface area contributed by atoms with Gasteiger partial charge in [-0.25, -0.2) is 9.97 Å². The quantitative estimate of drug-likeness (QED) is 0.412. The topological polar surface area (TPSA) is 171 Å². The molecule has 0 atom stereocenters. The number of rotatable bonds is 5. The molecule has 2 amide bonds. The third-order valence-corrected chi connectivity index (χ3v) is 5.79. The molecule has 1 fully saturated rings. The number of carbonyl (C=O) groups is 2. The van der Waals surface area contributed by atoms with Gasteiger partial charge in [-0.05, 0) is 37.5 Å². The second-order valence-corrected chi connectivity index (χ2v) is 7.82. The SMILES string of the molecule is Cn1c(-c2nc3cc(C(N)=O)ccc3n2C2CCC2)nc(C(=O)Nc2cnoc2)c(O)c1=O. The number of hydrogen-bond donors (Lipinski definition) is 3. The molecule has 12 heteroatoms. The number of nitrogens with two attached hydrogens (primary N) is 1. The van der Waals surface area contributed by atoms with Gasteiger partial charge in [-0.15, -0.1) is 0 Å². The van der Waals surface area contributed by atoms with Crippen molar-refractivity contribution in [3.05, 3.63) is 52.3 Å². The van der Waals surface area contributed by atoms with Crippen LogP contribution in [0.3, 0.4) is 0 Å². The lowest BCUT2D eigenvalue weighted by molar-refractivity contribution is 0.0996. The maximum Gasteiger partial charge on any atom is 0.296 e. The highest BCUT2D eigenvalue weighted by molar-refractivity contribution is 6.04. The van der Waals surface area contributed by atoms with Crippen molar-refractivity contribution in [3.8, 4) is 17.4 Å². The standard InChI is InChI=1S/C21H19N7O5/c1-27-18(26-15(16(29)21(27)32)20(31)24-11-8-23-33-9-11)19-25-13-7-10(17(22)30)5-6-14(13)28(19)12-3-2-4-12/h5-9,12,29H,2-4H2,1H3,(H2,22,30)(H,24,31). The monoisotopic (exact) mass is 449 g/mol. The molecular formula is C21H19N7O5. The zero-order valence-corrected chi connectivity index (χ0v) is 17.5. The number of aromatic hydroxyl groups is 1. The van der Waals surface area contributed by atoms with Gasteiger partial charge in [0.25, 0.3) is 11.5 Å². The van der Waals surface area contributed by atoms with Crippen molar-refractivity contribution >= 4 is 28.5 Å². The van der Waals surface area contributed by atoms with Crippen LogP contribution in [0.25, 0.3) is 22.7 Å². The van der Waals surface area contributed by atoms with E-state index in [1.807, 2.05) is 4.57 Å². The number of amides is 2. The van der Waals surface area contributed by atoms with Crippen LogP contribution in [0, 0.1) is 0 Å². The molecular weight excluding hydrogens is 430 g/mol. The van der Waals surface area contributed by atoms with Crippen LogP contribution in [0.4, 0.5) is 5.69 Å². The van der Waals surface area contributed by atoms with Crippen molar-refractivity contribution in [2.75, 3.05) is 5.32 Å². The highest BCUT2D eigenvalue weighted by Gasteiger charge is 2.29. The minimum Gasteiger partial charge on any atom is -0.501 e. The van der Waals surface area contributed by atoms with Crippen molar-refractivity contribution in [2.45, 2.75) is 25.3 Å². The van der Waals surface area contributed by atoms with Gasteiger partial charge >= 0.3 is 0 Å². The zero-order chi connectivity index (χ0) is 23.3. The molecule has 4 aromatic rings. The van der Waals surface area contributed by atoms with Gasteiger partial charge in [-0.1, -0.05) is 5.16 Å². The molecule has 1 aliphatic carbocycles.